The lowest BCUT2D eigenvalue weighted by Gasteiger charge is -2.28. The first-order valence-electron chi connectivity index (χ1n) is 12.3. The average Bonchev–Trinajstić information content (AvgIpc) is 3.15. The molecular weight excluding hydrogens is 475 g/mol. The molecule has 0 unspecified atom stereocenters. The van der Waals surface area contributed by atoms with E-state index in [0.717, 1.165) is 5.56 Å². The van der Waals surface area contributed by atoms with Crippen molar-refractivity contribution in [3.63, 3.8) is 0 Å². The van der Waals surface area contributed by atoms with Crippen LogP contribution in [0, 0.1) is 22.6 Å². The van der Waals surface area contributed by atoms with Crippen LogP contribution in [0.2, 0.25) is 0 Å². The van der Waals surface area contributed by atoms with Gasteiger partial charge in [0.05, 0.1) is 44.2 Å². The molecule has 0 amide bonds. The van der Waals surface area contributed by atoms with E-state index in [1.807, 2.05) is 20.8 Å². The van der Waals surface area contributed by atoms with Gasteiger partial charge in [-0.15, -0.1) is 0 Å². The van der Waals surface area contributed by atoms with Gasteiger partial charge in [-0.2, -0.15) is 5.26 Å². The molecule has 1 N–H and O–H groups in total. The highest BCUT2D eigenvalue weighted by atomic mass is 19.1. The molecule has 3 rings (SSSR count). The van der Waals surface area contributed by atoms with Crippen molar-refractivity contribution in [2.75, 3.05) is 45.4 Å². The Morgan fingerprint density at radius 1 is 1.19 bits per heavy atom. The predicted octanol–water partition coefficient (Wildman–Crippen LogP) is 4.91. The zero-order valence-electron chi connectivity index (χ0n) is 22.6. The summed E-state index contributed by atoms with van der Waals surface area (Å²) < 4.78 is 32.2. The van der Waals surface area contributed by atoms with Crippen molar-refractivity contribution in [1.82, 2.24) is 4.90 Å². The van der Waals surface area contributed by atoms with Gasteiger partial charge in [0.2, 0.25) is 0 Å². The fraction of sp³-hybridized carbons (Fsp3) is 0.464. The van der Waals surface area contributed by atoms with E-state index in [9.17, 15) is 10.1 Å². The first-order chi connectivity index (χ1) is 17.5. The summed E-state index contributed by atoms with van der Waals surface area (Å²) in [6, 6.07) is 7.32. The number of rotatable bonds is 10. The smallest absolute Gasteiger partial charge is 0.197 e. The summed E-state index contributed by atoms with van der Waals surface area (Å²) in [6.07, 6.45) is 0. The Kier molecular flexibility index (Phi) is 8.32. The number of amidine groups is 1. The number of benzene rings is 2. The van der Waals surface area contributed by atoms with Gasteiger partial charge in [-0.3, -0.25) is 10.2 Å². The summed E-state index contributed by atoms with van der Waals surface area (Å²) in [5.74, 6) is -0.0726. The lowest BCUT2D eigenvalue weighted by molar-refractivity contribution is 0.0962. The molecule has 0 fully saturated rings. The van der Waals surface area contributed by atoms with Crippen molar-refractivity contribution in [2.24, 2.45) is 0 Å². The second-order valence-corrected chi connectivity index (χ2v) is 9.89. The molecule has 0 aliphatic carbocycles. The lowest BCUT2D eigenvalue weighted by atomic mass is 9.84. The number of ketones is 1. The lowest BCUT2D eigenvalue weighted by Crippen LogP contribution is -2.31. The molecule has 37 heavy (non-hydrogen) atoms. The minimum absolute atomic E-state index is 0.0174. The van der Waals surface area contributed by atoms with Gasteiger partial charge in [-0.05, 0) is 43.0 Å². The number of methoxy groups -OCH3 is 1. The van der Waals surface area contributed by atoms with Crippen molar-refractivity contribution in [2.45, 2.75) is 46.6 Å². The zero-order valence-corrected chi connectivity index (χ0v) is 22.6. The number of nitrogens with zero attached hydrogens (tertiary/aromatic N) is 3. The number of hydrogen-bond acceptors (Lipinski definition) is 7. The minimum atomic E-state index is -0.650. The molecule has 0 saturated carbocycles. The molecule has 9 heteroatoms. The summed E-state index contributed by atoms with van der Waals surface area (Å²) in [5, 5.41) is 17.9. The van der Waals surface area contributed by atoms with Gasteiger partial charge in [0, 0.05) is 24.7 Å². The molecule has 0 saturated heterocycles. The van der Waals surface area contributed by atoms with Crippen LogP contribution in [0.3, 0.4) is 0 Å². The highest BCUT2D eigenvalue weighted by Crippen LogP contribution is 2.41. The fourth-order valence-corrected chi connectivity index (χ4v) is 4.44. The molecule has 1 aliphatic heterocycles. The predicted molar refractivity (Wildman–Crippen MR) is 141 cm³/mol. The molecule has 2 aromatic rings. The molecule has 1 aliphatic rings. The van der Waals surface area contributed by atoms with Crippen LogP contribution in [0.4, 0.5) is 10.1 Å². The van der Waals surface area contributed by atoms with E-state index in [2.05, 4.69) is 6.07 Å². The third-order valence-electron chi connectivity index (χ3n) is 6.23. The zero-order chi connectivity index (χ0) is 27.5. The van der Waals surface area contributed by atoms with Crippen molar-refractivity contribution in [3.8, 4) is 23.3 Å². The maximum atomic E-state index is 15.4. The molecule has 0 bridgehead atoms. The number of ether oxygens (including phenoxy) is 3. The number of hydrogen-bond donors (Lipinski definition) is 1. The maximum absolute atomic E-state index is 15.4. The second-order valence-electron chi connectivity index (χ2n) is 9.89. The Balaban J connectivity index is 1.99. The summed E-state index contributed by atoms with van der Waals surface area (Å²) in [7, 11) is 3.34. The van der Waals surface area contributed by atoms with Crippen LogP contribution in [0.15, 0.2) is 18.2 Å². The number of halogens is 1. The normalized spacial score (nSPS) is 12.7. The summed E-state index contributed by atoms with van der Waals surface area (Å²) >= 11 is 0. The maximum Gasteiger partial charge on any atom is 0.197 e. The van der Waals surface area contributed by atoms with E-state index in [4.69, 9.17) is 19.6 Å². The van der Waals surface area contributed by atoms with Gasteiger partial charge in [-0.25, -0.2) is 4.39 Å². The van der Waals surface area contributed by atoms with Gasteiger partial charge >= 0.3 is 0 Å². The van der Waals surface area contributed by atoms with Crippen LogP contribution < -0.4 is 19.1 Å². The van der Waals surface area contributed by atoms with Crippen LogP contribution in [0.1, 0.15) is 61.7 Å². The molecular formula is C28H35FN4O4. The molecule has 0 radical (unpaired) electrons. The summed E-state index contributed by atoms with van der Waals surface area (Å²) in [6.45, 7) is 10.4. The van der Waals surface area contributed by atoms with E-state index in [0.29, 0.717) is 29.2 Å². The van der Waals surface area contributed by atoms with Gasteiger partial charge < -0.3 is 24.0 Å². The molecule has 198 valence electrons. The van der Waals surface area contributed by atoms with Crippen LogP contribution in [-0.4, -0.2) is 57.0 Å². The van der Waals surface area contributed by atoms with Crippen LogP contribution in [0.25, 0.3) is 0 Å². The Morgan fingerprint density at radius 2 is 1.86 bits per heavy atom. The van der Waals surface area contributed by atoms with E-state index >= 15 is 4.39 Å². The number of fused-ring (bicyclic) bond motifs is 1. The second kappa shape index (κ2) is 11.1. The minimum Gasteiger partial charge on any atom is -0.494 e. The number of carbonyl (C=O) groups is 1. The fourth-order valence-electron chi connectivity index (χ4n) is 4.44. The SMILES string of the molecule is CCOc1cc2c(c(F)c1OCC)C(=N)N(CC(=O)c1cc(N(C)CC#N)c(OC)c(C(C)(C)C)c1)C2. The quantitative estimate of drug-likeness (QED) is 0.358. The first-order valence-corrected chi connectivity index (χ1v) is 12.3. The number of carbonyl (C=O) groups excluding carboxylic acids is 1. The highest BCUT2D eigenvalue weighted by molar-refractivity contribution is 6.06. The monoisotopic (exact) mass is 510 g/mol. The van der Waals surface area contributed by atoms with E-state index in [-0.39, 0.29) is 60.3 Å². The Bertz CT molecular complexity index is 1250. The van der Waals surface area contributed by atoms with Gasteiger partial charge in [0.25, 0.3) is 0 Å². The van der Waals surface area contributed by atoms with Crippen LogP contribution in [0.5, 0.6) is 17.2 Å². The highest BCUT2D eigenvalue weighted by Gasteiger charge is 2.34. The molecule has 0 aromatic heterocycles. The van der Waals surface area contributed by atoms with Crippen LogP contribution in [-0.2, 0) is 12.0 Å². The van der Waals surface area contributed by atoms with Crippen molar-refractivity contribution < 1.29 is 23.4 Å². The third kappa shape index (κ3) is 5.48. The molecule has 0 atom stereocenters. The van der Waals surface area contributed by atoms with Gasteiger partial charge in [-0.1, -0.05) is 20.8 Å². The van der Waals surface area contributed by atoms with Crippen LogP contribution >= 0.6 is 0 Å². The number of Topliss-reactive ketones (excluding diaryl/α,β-unsaturated/α-hetero) is 1. The first kappa shape index (κ1) is 27.8. The summed E-state index contributed by atoms with van der Waals surface area (Å²) in [5.41, 5.74) is 2.25. The van der Waals surface area contributed by atoms with Crippen molar-refractivity contribution in [3.05, 3.63) is 46.3 Å². The topological polar surface area (TPSA) is 98.9 Å². The largest absolute Gasteiger partial charge is 0.494 e. The number of nitriles is 1. The molecule has 2 aromatic carbocycles. The van der Waals surface area contributed by atoms with Crippen molar-refractivity contribution >= 4 is 17.3 Å². The number of anilines is 1. The van der Waals surface area contributed by atoms with E-state index in [1.165, 1.54) is 0 Å². The third-order valence-corrected chi connectivity index (χ3v) is 6.23. The van der Waals surface area contributed by atoms with E-state index in [1.54, 1.807) is 56.0 Å². The summed E-state index contributed by atoms with van der Waals surface area (Å²) in [4.78, 5) is 16.8. The molecule has 0 spiro atoms. The van der Waals surface area contributed by atoms with Crippen molar-refractivity contribution in [1.29, 1.82) is 10.7 Å². The average molecular weight is 511 g/mol. The Morgan fingerprint density at radius 3 is 2.43 bits per heavy atom. The number of nitrogens with one attached hydrogen (secondary N) is 1. The van der Waals surface area contributed by atoms with Gasteiger partial charge in [0.15, 0.2) is 23.1 Å². The Hall–Kier alpha value is -3.80. The van der Waals surface area contributed by atoms with E-state index < -0.39 is 5.82 Å². The Labute approximate surface area is 218 Å². The van der Waals surface area contributed by atoms with Gasteiger partial charge in [0.1, 0.15) is 18.1 Å². The standard InChI is InChI=1S/C28H35FN4O4/c1-8-36-22-14-18-15-33(27(31)23(18)24(29)26(22)37-9-2)16-21(34)17-12-19(28(3,4)5)25(35-7)20(13-17)32(6)11-10-30/h12-14,31H,8-9,11,15-16H2,1-7H3. The molecule has 8 nitrogen and oxygen atoms in total. The molecule has 1 heterocycles.